The minimum atomic E-state index is -0.250. The first kappa shape index (κ1) is 18.8. The highest BCUT2D eigenvalue weighted by molar-refractivity contribution is 7.99. The fourth-order valence-electron chi connectivity index (χ4n) is 2.99. The molecule has 0 aromatic heterocycles. The lowest BCUT2D eigenvalue weighted by atomic mass is 10.0. The number of halogens is 1. The molecule has 0 radical (unpaired) electrons. The molecule has 3 rings (SSSR count). The minimum Gasteiger partial charge on any atom is -0.349 e. The second kappa shape index (κ2) is 8.60. The van der Waals surface area contributed by atoms with Crippen LogP contribution in [0.4, 0.5) is 0 Å². The third kappa shape index (κ3) is 4.80. The summed E-state index contributed by atoms with van der Waals surface area (Å²) in [4.78, 5) is 25.8. The Morgan fingerprint density at radius 3 is 2.77 bits per heavy atom. The lowest BCUT2D eigenvalue weighted by molar-refractivity contribution is -0.122. The first-order valence-corrected chi connectivity index (χ1v) is 9.97. The molecule has 4 nitrogen and oxygen atoms in total. The molecule has 26 heavy (non-hydrogen) atoms. The van der Waals surface area contributed by atoms with Crippen molar-refractivity contribution in [2.24, 2.45) is 0 Å². The summed E-state index contributed by atoms with van der Waals surface area (Å²) in [5.41, 5.74) is 1.66. The molecular formula is C20H21ClN2O2S. The number of thioether (sulfide) groups is 1. The van der Waals surface area contributed by atoms with E-state index in [1.807, 2.05) is 43.3 Å². The van der Waals surface area contributed by atoms with Gasteiger partial charge in [-0.25, -0.2) is 0 Å². The molecule has 1 heterocycles. The molecule has 1 aliphatic rings. The summed E-state index contributed by atoms with van der Waals surface area (Å²) in [5.74, 6) is 0.714. The molecular weight excluding hydrogens is 368 g/mol. The van der Waals surface area contributed by atoms with E-state index in [1.54, 1.807) is 23.9 Å². The van der Waals surface area contributed by atoms with Gasteiger partial charge in [0.2, 0.25) is 5.91 Å². The van der Waals surface area contributed by atoms with Gasteiger partial charge in [-0.1, -0.05) is 29.8 Å². The molecule has 2 aromatic rings. The normalized spacial score (nSPS) is 17.1. The highest BCUT2D eigenvalue weighted by Crippen LogP contribution is 2.37. The zero-order valence-corrected chi connectivity index (χ0v) is 16.1. The van der Waals surface area contributed by atoms with E-state index in [1.165, 1.54) is 0 Å². The molecule has 2 aromatic carbocycles. The van der Waals surface area contributed by atoms with Gasteiger partial charge in [0, 0.05) is 33.7 Å². The van der Waals surface area contributed by atoms with E-state index >= 15 is 0 Å². The Hall–Kier alpha value is -1.98. The van der Waals surface area contributed by atoms with Gasteiger partial charge in [-0.05, 0) is 49.2 Å². The van der Waals surface area contributed by atoms with E-state index in [-0.39, 0.29) is 30.3 Å². The van der Waals surface area contributed by atoms with Gasteiger partial charge in [-0.3, -0.25) is 9.59 Å². The maximum Gasteiger partial charge on any atom is 0.251 e. The molecule has 1 aliphatic heterocycles. The van der Waals surface area contributed by atoms with E-state index in [4.69, 9.17) is 11.6 Å². The summed E-state index contributed by atoms with van der Waals surface area (Å²) >= 11 is 7.89. The average molecular weight is 389 g/mol. The summed E-state index contributed by atoms with van der Waals surface area (Å²) in [5, 5.41) is 6.63. The molecule has 0 saturated heterocycles. The van der Waals surface area contributed by atoms with Crippen LogP contribution in [0.1, 0.15) is 41.7 Å². The standard InChI is InChI=1S/C20H21ClN2O2S/c1-13(22-20(25)14-5-3-2-4-6-14)11-19(24)23-17-9-10-26-18-8-7-15(21)12-16(17)18/h2-8,12-13,17H,9-11H2,1H3,(H,22,25)(H,23,24). The van der Waals surface area contributed by atoms with Crippen molar-refractivity contribution in [3.8, 4) is 0 Å². The van der Waals surface area contributed by atoms with E-state index in [9.17, 15) is 9.59 Å². The van der Waals surface area contributed by atoms with Crippen molar-refractivity contribution in [2.75, 3.05) is 5.75 Å². The highest BCUT2D eigenvalue weighted by Gasteiger charge is 2.23. The van der Waals surface area contributed by atoms with E-state index in [2.05, 4.69) is 10.6 Å². The number of amides is 2. The van der Waals surface area contributed by atoms with Crippen molar-refractivity contribution in [2.45, 2.75) is 36.7 Å². The number of carbonyl (C=O) groups is 2. The predicted molar refractivity (Wildman–Crippen MR) is 106 cm³/mol. The molecule has 0 bridgehead atoms. The smallest absolute Gasteiger partial charge is 0.251 e. The van der Waals surface area contributed by atoms with Gasteiger partial charge in [-0.2, -0.15) is 0 Å². The van der Waals surface area contributed by atoms with Gasteiger partial charge in [0.25, 0.3) is 5.91 Å². The van der Waals surface area contributed by atoms with Gasteiger partial charge in [0.1, 0.15) is 0 Å². The van der Waals surface area contributed by atoms with Crippen LogP contribution < -0.4 is 10.6 Å². The fourth-order valence-corrected chi connectivity index (χ4v) is 4.28. The van der Waals surface area contributed by atoms with Crippen LogP contribution in [0.2, 0.25) is 5.02 Å². The summed E-state index contributed by atoms with van der Waals surface area (Å²) in [7, 11) is 0. The number of benzene rings is 2. The minimum absolute atomic E-state index is 0.0329. The third-order valence-electron chi connectivity index (χ3n) is 4.25. The van der Waals surface area contributed by atoms with Crippen molar-refractivity contribution < 1.29 is 9.59 Å². The second-order valence-electron chi connectivity index (χ2n) is 6.38. The highest BCUT2D eigenvalue weighted by atomic mass is 35.5. The quantitative estimate of drug-likeness (QED) is 0.806. The van der Waals surface area contributed by atoms with Crippen LogP contribution in [0.5, 0.6) is 0 Å². The van der Waals surface area contributed by atoms with Crippen LogP contribution >= 0.6 is 23.4 Å². The molecule has 0 fully saturated rings. The molecule has 2 N–H and O–H groups in total. The summed E-state index contributed by atoms with van der Waals surface area (Å²) < 4.78 is 0. The first-order valence-electron chi connectivity index (χ1n) is 8.60. The first-order chi connectivity index (χ1) is 12.5. The molecule has 2 atom stereocenters. The Morgan fingerprint density at radius 1 is 1.23 bits per heavy atom. The van der Waals surface area contributed by atoms with Crippen molar-refractivity contribution in [1.82, 2.24) is 10.6 Å². The van der Waals surface area contributed by atoms with E-state index in [0.717, 1.165) is 22.6 Å². The molecule has 2 unspecified atom stereocenters. The molecule has 0 saturated carbocycles. The number of rotatable bonds is 5. The Morgan fingerprint density at radius 2 is 2.00 bits per heavy atom. The zero-order valence-electron chi connectivity index (χ0n) is 14.5. The van der Waals surface area contributed by atoms with E-state index in [0.29, 0.717) is 10.6 Å². The number of hydrogen-bond donors (Lipinski definition) is 2. The number of hydrogen-bond acceptors (Lipinski definition) is 3. The van der Waals surface area contributed by atoms with Crippen LogP contribution in [0, 0.1) is 0 Å². The number of carbonyl (C=O) groups excluding carboxylic acids is 2. The van der Waals surface area contributed by atoms with Crippen LogP contribution in [0.15, 0.2) is 53.4 Å². The molecule has 2 amide bonds. The Balaban J connectivity index is 1.56. The summed E-state index contributed by atoms with van der Waals surface area (Å²) in [6.07, 6.45) is 1.10. The van der Waals surface area contributed by atoms with Crippen LogP contribution in [0.25, 0.3) is 0 Å². The maximum atomic E-state index is 12.4. The van der Waals surface area contributed by atoms with Gasteiger partial charge < -0.3 is 10.6 Å². The summed E-state index contributed by atoms with van der Waals surface area (Å²) in [6, 6.07) is 14.5. The van der Waals surface area contributed by atoms with Gasteiger partial charge in [0.05, 0.1) is 6.04 Å². The van der Waals surface area contributed by atoms with Crippen molar-refractivity contribution in [1.29, 1.82) is 0 Å². The SMILES string of the molecule is CC(CC(=O)NC1CCSc2ccc(Cl)cc21)NC(=O)c1ccccc1. The Bertz CT molecular complexity index is 798. The number of fused-ring (bicyclic) bond motifs is 1. The van der Waals surface area contributed by atoms with Gasteiger partial charge >= 0.3 is 0 Å². The van der Waals surface area contributed by atoms with E-state index < -0.39 is 0 Å². The van der Waals surface area contributed by atoms with Crippen LogP contribution in [-0.2, 0) is 4.79 Å². The van der Waals surface area contributed by atoms with Crippen molar-refractivity contribution in [3.63, 3.8) is 0 Å². The second-order valence-corrected chi connectivity index (χ2v) is 7.96. The lowest BCUT2D eigenvalue weighted by Crippen LogP contribution is -2.38. The molecule has 6 heteroatoms. The molecule has 0 spiro atoms. The Labute approximate surface area is 162 Å². The fraction of sp³-hybridized carbons (Fsp3) is 0.300. The maximum absolute atomic E-state index is 12.4. The largest absolute Gasteiger partial charge is 0.349 e. The van der Waals surface area contributed by atoms with Gasteiger partial charge in [0.15, 0.2) is 0 Å². The van der Waals surface area contributed by atoms with Crippen molar-refractivity contribution >= 4 is 35.2 Å². The van der Waals surface area contributed by atoms with Crippen LogP contribution in [-0.4, -0.2) is 23.6 Å². The monoisotopic (exact) mass is 388 g/mol. The summed E-state index contributed by atoms with van der Waals surface area (Å²) in [6.45, 7) is 1.84. The lowest BCUT2D eigenvalue weighted by Gasteiger charge is -2.26. The predicted octanol–water partition coefficient (Wildman–Crippen LogP) is 4.20. The average Bonchev–Trinajstić information content (AvgIpc) is 2.62. The molecule has 136 valence electrons. The van der Waals surface area contributed by atoms with Gasteiger partial charge in [-0.15, -0.1) is 11.8 Å². The van der Waals surface area contributed by atoms with Crippen molar-refractivity contribution in [3.05, 3.63) is 64.7 Å². The van der Waals surface area contributed by atoms with Crippen LogP contribution in [0.3, 0.4) is 0 Å². The topological polar surface area (TPSA) is 58.2 Å². The molecule has 0 aliphatic carbocycles. The zero-order chi connectivity index (χ0) is 18.5. The number of nitrogens with one attached hydrogen (secondary N) is 2. The third-order valence-corrected chi connectivity index (χ3v) is 5.61. The Kier molecular flexibility index (Phi) is 6.22.